The van der Waals surface area contributed by atoms with Crippen LogP contribution in [0.3, 0.4) is 0 Å². The Morgan fingerprint density at radius 1 is 1.42 bits per heavy atom. The largest absolute Gasteiger partial charge is 0.441 e. The minimum absolute atomic E-state index is 0.0213. The molecule has 2 aromatic rings. The van der Waals surface area contributed by atoms with Crippen molar-refractivity contribution >= 4 is 29.1 Å². The van der Waals surface area contributed by atoms with Crippen LogP contribution in [-0.4, -0.2) is 30.0 Å². The molecule has 3 rings (SSSR count). The van der Waals surface area contributed by atoms with Gasteiger partial charge in [-0.05, 0) is 37.6 Å². The van der Waals surface area contributed by atoms with Crippen molar-refractivity contribution in [3.8, 4) is 11.3 Å². The Morgan fingerprint density at radius 2 is 2.29 bits per heavy atom. The van der Waals surface area contributed by atoms with E-state index in [0.717, 1.165) is 31.5 Å². The summed E-state index contributed by atoms with van der Waals surface area (Å²) in [6.45, 7) is 1.86. The fraction of sp³-hybridized carbons (Fsp3) is 0.412. The molecule has 7 heteroatoms. The van der Waals surface area contributed by atoms with E-state index in [1.807, 2.05) is 0 Å². The summed E-state index contributed by atoms with van der Waals surface area (Å²) < 4.78 is 5.70. The maximum absolute atomic E-state index is 12.0. The van der Waals surface area contributed by atoms with Gasteiger partial charge in [0.2, 0.25) is 5.91 Å². The molecule has 2 N–H and O–H groups in total. The molecule has 1 aromatic carbocycles. The zero-order chi connectivity index (χ0) is 16.9. The lowest BCUT2D eigenvalue weighted by atomic mass is 10.1. The Balaban J connectivity index is 1.55. The lowest BCUT2D eigenvalue weighted by Crippen LogP contribution is -2.45. The number of benzene rings is 1. The van der Waals surface area contributed by atoms with Gasteiger partial charge < -0.3 is 15.1 Å². The van der Waals surface area contributed by atoms with Crippen molar-refractivity contribution in [2.45, 2.75) is 31.7 Å². The Labute approximate surface area is 150 Å². The second-order valence-corrected chi connectivity index (χ2v) is 6.70. The van der Waals surface area contributed by atoms with E-state index in [1.165, 1.54) is 0 Å². The van der Waals surface area contributed by atoms with E-state index >= 15 is 0 Å². The predicted octanol–water partition coefficient (Wildman–Crippen LogP) is 3.45. The van der Waals surface area contributed by atoms with E-state index in [0.29, 0.717) is 34.5 Å². The lowest BCUT2D eigenvalue weighted by molar-refractivity contribution is -0.121. The zero-order valence-electron chi connectivity index (χ0n) is 13.1. The third-order valence-corrected chi connectivity index (χ3v) is 4.53. The van der Waals surface area contributed by atoms with E-state index in [2.05, 4.69) is 15.6 Å². The van der Waals surface area contributed by atoms with Gasteiger partial charge in [0, 0.05) is 36.0 Å². The minimum atomic E-state index is 0.0213. The molecule has 0 radical (unpaired) electrons. The van der Waals surface area contributed by atoms with E-state index in [4.69, 9.17) is 27.6 Å². The van der Waals surface area contributed by atoms with Crippen LogP contribution >= 0.6 is 23.2 Å². The first kappa shape index (κ1) is 17.3. The number of oxazole rings is 1. The quantitative estimate of drug-likeness (QED) is 0.848. The molecule has 24 heavy (non-hydrogen) atoms. The van der Waals surface area contributed by atoms with Gasteiger partial charge in [-0.3, -0.25) is 4.79 Å². The Hall–Kier alpha value is -1.56. The van der Waals surface area contributed by atoms with Crippen LogP contribution in [0.1, 0.15) is 25.2 Å². The number of piperidine rings is 1. The first-order chi connectivity index (χ1) is 11.6. The van der Waals surface area contributed by atoms with Gasteiger partial charge in [0.15, 0.2) is 11.7 Å². The van der Waals surface area contributed by atoms with Crippen LogP contribution in [0.15, 0.2) is 28.8 Å². The van der Waals surface area contributed by atoms with Crippen molar-refractivity contribution in [2.24, 2.45) is 0 Å². The smallest absolute Gasteiger partial charge is 0.220 e. The van der Waals surface area contributed by atoms with Crippen LogP contribution in [0.5, 0.6) is 0 Å². The average Bonchev–Trinajstić information content (AvgIpc) is 3.02. The standard InChI is InChI=1S/C17H19Cl2N3O2/c18-11-3-4-13(14(19)8-11)15-10-21-17(24-15)6-5-16(23)22-12-2-1-7-20-9-12/h3-4,8,10,12,20H,1-2,5-7,9H2,(H,22,23). The van der Waals surface area contributed by atoms with Crippen LogP contribution in [-0.2, 0) is 11.2 Å². The molecule has 128 valence electrons. The summed E-state index contributed by atoms with van der Waals surface area (Å²) in [5, 5.41) is 7.39. The molecule has 1 aliphatic rings. The van der Waals surface area contributed by atoms with Gasteiger partial charge in [0.05, 0.1) is 11.2 Å². The van der Waals surface area contributed by atoms with E-state index in [9.17, 15) is 4.79 Å². The van der Waals surface area contributed by atoms with Gasteiger partial charge in [-0.2, -0.15) is 0 Å². The normalized spacial score (nSPS) is 17.7. The van der Waals surface area contributed by atoms with Crippen molar-refractivity contribution < 1.29 is 9.21 Å². The van der Waals surface area contributed by atoms with Crippen LogP contribution < -0.4 is 10.6 Å². The highest BCUT2D eigenvalue weighted by atomic mass is 35.5. The third kappa shape index (κ3) is 4.50. The van der Waals surface area contributed by atoms with E-state index in [-0.39, 0.29) is 11.9 Å². The number of hydrogen-bond acceptors (Lipinski definition) is 4. The number of amides is 1. The topological polar surface area (TPSA) is 67.2 Å². The van der Waals surface area contributed by atoms with Gasteiger partial charge in [0.25, 0.3) is 0 Å². The highest BCUT2D eigenvalue weighted by Gasteiger charge is 2.16. The zero-order valence-corrected chi connectivity index (χ0v) is 14.7. The highest BCUT2D eigenvalue weighted by Crippen LogP contribution is 2.30. The Morgan fingerprint density at radius 3 is 3.04 bits per heavy atom. The van der Waals surface area contributed by atoms with Crippen LogP contribution in [0.25, 0.3) is 11.3 Å². The maximum Gasteiger partial charge on any atom is 0.220 e. The molecule has 0 spiro atoms. The van der Waals surface area contributed by atoms with Crippen molar-refractivity contribution in [2.75, 3.05) is 13.1 Å². The van der Waals surface area contributed by atoms with Gasteiger partial charge in [0.1, 0.15) is 0 Å². The summed E-state index contributed by atoms with van der Waals surface area (Å²) in [6.07, 6.45) is 4.54. The first-order valence-electron chi connectivity index (χ1n) is 8.02. The number of aryl methyl sites for hydroxylation is 1. The number of aromatic nitrogens is 1. The summed E-state index contributed by atoms with van der Waals surface area (Å²) in [6, 6.07) is 5.42. The maximum atomic E-state index is 12.0. The highest BCUT2D eigenvalue weighted by molar-refractivity contribution is 6.36. The third-order valence-electron chi connectivity index (χ3n) is 3.98. The lowest BCUT2D eigenvalue weighted by Gasteiger charge is -2.23. The molecule has 1 aromatic heterocycles. The van der Waals surface area contributed by atoms with Crippen LogP contribution in [0.4, 0.5) is 0 Å². The number of rotatable bonds is 5. The number of nitrogens with one attached hydrogen (secondary N) is 2. The summed E-state index contributed by atoms with van der Waals surface area (Å²) in [5.74, 6) is 1.12. The first-order valence-corrected chi connectivity index (χ1v) is 8.77. The SMILES string of the molecule is O=C(CCc1ncc(-c2ccc(Cl)cc2Cl)o1)NC1CCCNC1. The predicted molar refractivity (Wildman–Crippen MR) is 94.3 cm³/mol. The van der Waals surface area contributed by atoms with Gasteiger partial charge in [-0.15, -0.1) is 0 Å². The molecule has 2 heterocycles. The number of carbonyl (C=O) groups is 1. The molecule has 1 saturated heterocycles. The molecule has 1 aliphatic heterocycles. The van der Waals surface area contributed by atoms with Crippen molar-refractivity contribution in [1.29, 1.82) is 0 Å². The van der Waals surface area contributed by atoms with E-state index < -0.39 is 0 Å². The molecule has 1 fully saturated rings. The molecule has 0 bridgehead atoms. The monoisotopic (exact) mass is 367 g/mol. The number of hydrogen-bond donors (Lipinski definition) is 2. The van der Waals surface area contributed by atoms with Crippen molar-refractivity contribution in [3.63, 3.8) is 0 Å². The molecule has 1 amide bonds. The van der Waals surface area contributed by atoms with Gasteiger partial charge >= 0.3 is 0 Å². The molecular weight excluding hydrogens is 349 g/mol. The van der Waals surface area contributed by atoms with Crippen LogP contribution in [0, 0.1) is 0 Å². The molecule has 5 nitrogen and oxygen atoms in total. The van der Waals surface area contributed by atoms with Crippen molar-refractivity contribution in [3.05, 3.63) is 40.3 Å². The average molecular weight is 368 g/mol. The molecule has 1 unspecified atom stereocenters. The molecular formula is C17H19Cl2N3O2. The van der Waals surface area contributed by atoms with E-state index in [1.54, 1.807) is 24.4 Å². The number of nitrogens with zero attached hydrogens (tertiary/aromatic N) is 1. The summed E-state index contributed by atoms with van der Waals surface area (Å²) >= 11 is 12.1. The number of carbonyl (C=O) groups excluding carboxylic acids is 1. The van der Waals surface area contributed by atoms with Crippen molar-refractivity contribution in [1.82, 2.24) is 15.6 Å². The van der Waals surface area contributed by atoms with Crippen LogP contribution in [0.2, 0.25) is 10.0 Å². The number of halogens is 2. The summed E-state index contributed by atoms with van der Waals surface area (Å²) in [5.41, 5.74) is 0.734. The second-order valence-electron chi connectivity index (χ2n) is 5.85. The Kier molecular flexibility index (Phi) is 5.76. The molecule has 0 saturated carbocycles. The fourth-order valence-electron chi connectivity index (χ4n) is 2.73. The summed E-state index contributed by atoms with van der Waals surface area (Å²) in [4.78, 5) is 16.2. The molecule has 1 atom stereocenters. The Bertz CT molecular complexity index is 712. The molecule has 0 aliphatic carbocycles. The fourth-order valence-corrected chi connectivity index (χ4v) is 3.24. The van der Waals surface area contributed by atoms with Gasteiger partial charge in [-0.25, -0.2) is 4.98 Å². The minimum Gasteiger partial charge on any atom is -0.441 e. The second kappa shape index (κ2) is 8.01. The summed E-state index contributed by atoms with van der Waals surface area (Å²) in [7, 11) is 0. The van der Waals surface area contributed by atoms with Gasteiger partial charge in [-0.1, -0.05) is 23.2 Å².